The lowest BCUT2D eigenvalue weighted by Crippen LogP contribution is -2.31. The van der Waals surface area contributed by atoms with Gasteiger partial charge in [0.15, 0.2) is 5.92 Å². The Kier molecular flexibility index (Phi) is 3.89. The fraction of sp³-hybridized carbons (Fsp3) is 0.385. The van der Waals surface area contributed by atoms with Gasteiger partial charge in [-0.1, -0.05) is 30.3 Å². The van der Waals surface area contributed by atoms with Crippen LogP contribution in [-0.4, -0.2) is 17.5 Å². The zero-order valence-corrected chi connectivity index (χ0v) is 10.2. The van der Waals surface area contributed by atoms with Crippen LogP contribution in [-0.2, 0) is 14.3 Å². The second kappa shape index (κ2) is 4.99. The summed E-state index contributed by atoms with van der Waals surface area (Å²) in [5, 5.41) is 0. The van der Waals surface area contributed by atoms with Crippen LogP contribution in [0.2, 0.25) is 0 Å². The molecular weight excluding hydrogens is 218 g/mol. The summed E-state index contributed by atoms with van der Waals surface area (Å²) in [6.07, 6.45) is 0. The molecule has 4 heteroatoms. The van der Waals surface area contributed by atoms with Crippen LogP contribution in [0.3, 0.4) is 0 Å². The van der Waals surface area contributed by atoms with Crippen molar-refractivity contribution in [3.63, 3.8) is 0 Å². The summed E-state index contributed by atoms with van der Waals surface area (Å²) in [5.74, 6) is -2.79. The van der Waals surface area contributed by atoms with E-state index in [0.29, 0.717) is 5.56 Å². The van der Waals surface area contributed by atoms with Crippen LogP contribution in [0.4, 0.5) is 0 Å². The highest BCUT2D eigenvalue weighted by molar-refractivity contribution is 6.02. The molecule has 0 aromatic heterocycles. The minimum absolute atomic E-state index is 0.488. The van der Waals surface area contributed by atoms with Crippen molar-refractivity contribution in [3.05, 3.63) is 35.9 Å². The monoisotopic (exact) mass is 234 g/mol. The molecule has 1 amide bonds. The maximum absolute atomic E-state index is 11.8. The molecule has 17 heavy (non-hydrogen) atoms. The first-order valence-electron chi connectivity index (χ1n) is 5.34. The van der Waals surface area contributed by atoms with Gasteiger partial charge in [0.1, 0.15) is 5.60 Å². The van der Waals surface area contributed by atoms with Crippen LogP contribution in [0, 0.1) is 0 Å². The Morgan fingerprint density at radius 1 is 1.18 bits per heavy atom. The number of hydrogen-bond donors (Lipinski definition) is 0. The van der Waals surface area contributed by atoms with Crippen molar-refractivity contribution in [1.29, 1.82) is 0 Å². The number of rotatable bonds is 3. The van der Waals surface area contributed by atoms with Crippen LogP contribution in [0.15, 0.2) is 30.3 Å². The number of carbonyl (C=O) groups excluding carboxylic acids is 2. The minimum atomic E-state index is -1.16. The average molecular weight is 234 g/mol. The lowest BCUT2D eigenvalue weighted by molar-refractivity contribution is -0.158. The quantitative estimate of drug-likeness (QED) is 0.592. The second-order valence-corrected chi connectivity index (χ2v) is 4.74. The van der Waals surface area contributed by atoms with Crippen LogP contribution < -0.4 is 5.73 Å². The molecule has 0 saturated heterocycles. The maximum atomic E-state index is 11.8. The lowest BCUT2D eigenvalue weighted by Gasteiger charge is -2.22. The fourth-order valence-electron chi connectivity index (χ4n) is 1.40. The Hall–Kier alpha value is -1.84. The first-order chi connectivity index (χ1) is 7.81. The van der Waals surface area contributed by atoms with Crippen molar-refractivity contribution < 1.29 is 14.3 Å². The maximum Gasteiger partial charge on any atom is 0.323 e. The van der Waals surface area contributed by atoms with E-state index in [0.717, 1.165) is 0 Å². The van der Waals surface area contributed by atoms with Crippen LogP contribution in [0.1, 0.15) is 32.3 Å². The molecule has 1 N–H and O–H groups in total. The van der Waals surface area contributed by atoms with Gasteiger partial charge < -0.3 is 4.74 Å². The van der Waals surface area contributed by atoms with E-state index in [9.17, 15) is 9.59 Å². The van der Waals surface area contributed by atoms with Gasteiger partial charge in [0, 0.05) is 0 Å². The third kappa shape index (κ3) is 3.90. The van der Waals surface area contributed by atoms with Crippen molar-refractivity contribution in [2.45, 2.75) is 32.3 Å². The summed E-state index contributed by atoms with van der Waals surface area (Å²) < 4.78 is 5.14. The molecule has 0 heterocycles. The van der Waals surface area contributed by atoms with Gasteiger partial charge in [0.25, 0.3) is 5.91 Å². The lowest BCUT2D eigenvalue weighted by atomic mass is 9.98. The van der Waals surface area contributed by atoms with Gasteiger partial charge in [-0.25, -0.2) is 0 Å². The van der Waals surface area contributed by atoms with Gasteiger partial charge in [0.2, 0.25) is 0 Å². The molecule has 1 unspecified atom stereocenters. The third-order valence-corrected chi connectivity index (χ3v) is 2.04. The molecule has 1 rings (SSSR count). The van der Waals surface area contributed by atoms with Crippen molar-refractivity contribution in [2.75, 3.05) is 0 Å². The second-order valence-electron chi connectivity index (χ2n) is 4.74. The molecule has 0 aliphatic rings. The van der Waals surface area contributed by atoms with E-state index in [1.807, 2.05) is 0 Å². The Morgan fingerprint density at radius 3 is 2.12 bits per heavy atom. The third-order valence-electron chi connectivity index (χ3n) is 2.04. The average Bonchev–Trinajstić information content (AvgIpc) is 2.15. The van der Waals surface area contributed by atoms with Gasteiger partial charge in [-0.05, 0) is 26.3 Å². The molecule has 0 saturated carbocycles. The summed E-state index contributed by atoms with van der Waals surface area (Å²) in [6, 6.07) is 8.50. The summed E-state index contributed by atoms with van der Waals surface area (Å²) in [5.41, 5.74) is 6.99. The standard InChI is InChI=1S/C13H16NO3/c1-13(2,3)17-12(16)10(11(14)15)9-7-5-4-6-8-9/h4-8,10,14H,1-3H3. The Balaban J connectivity index is 2.96. The fourth-order valence-corrected chi connectivity index (χ4v) is 1.40. The minimum Gasteiger partial charge on any atom is -0.459 e. The zero-order valence-electron chi connectivity index (χ0n) is 10.2. The summed E-state index contributed by atoms with van der Waals surface area (Å²) >= 11 is 0. The smallest absolute Gasteiger partial charge is 0.323 e. The molecule has 1 aromatic rings. The number of benzene rings is 1. The van der Waals surface area contributed by atoms with E-state index in [4.69, 9.17) is 10.5 Å². The summed E-state index contributed by atoms with van der Waals surface area (Å²) in [6.45, 7) is 5.17. The van der Waals surface area contributed by atoms with E-state index in [2.05, 4.69) is 0 Å². The van der Waals surface area contributed by atoms with Crippen molar-refractivity contribution >= 4 is 11.9 Å². The van der Waals surface area contributed by atoms with Gasteiger partial charge in [-0.3, -0.25) is 15.3 Å². The molecule has 1 aromatic carbocycles. The van der Waals surface area contributed by atoms with E-state index in [-0.39, 0.29) is 0 Å². The Morgan fingerprint density at radius 2 is 1.71 bits per heavy atom. The predicted octanol–water partition coefficient (Wildman–Crippen LogP) is 1.92. The Bertz CT molecular complexity index is 406. The molecular formula is C13H16NO3. The zero-order chi connectivity index (χ0) is 13.1. The highest BCUT2D eigenvalue weighted by atomic mass is 16.6. The van der Waals surface area contributed by atoms with Crippen molar-refractivity contribution in [2.24, 2.45) is 0 Å². The summed E-state index contributed by atoms with van der Waals surface area (Å²) in [4.78, 5) is 23.1. The number of carbonyl (C=O) groups is 2. The largest absolute Gasteiger partial charge is 0.459 e. The SMILES string of the molecule is CC(C)(C)OC(=O)C(C([NH])=O)c1ccccc1. The van der Waals surface area contributed by atoms with Gasteiger partial charge >= 0.3 is 5.97 Å². The molecule has 0 aliphatic carbocycles. The molecule has 0 spiro atoms. The van der Waals surface area contributed by atoms with E-state index in [1.165, 1.54) is 0 Å². The molecule has 0 aliphatic heterocycles. The Labute approximate surface area is 101 Å². The van der Waals surface area contributed by atoms with Crippen molar-refractivity contribution in [3.8, 4) is 0 Å². The molecule has 1 radical (unpaired) electrons. The number of amides is 1. The van der Waals surface area contributed by atoms with E-state index in [1.54, 1.807) is 51.1 Å². The number of hydrogen-bond acceptors (Lipinski definition) is 3. The molecule has 91 valence electrons. The van der Waals surface area contributed by atoms with Gasteiger partial charge in [0.05, 0.1) is 0 Å². The molecule has 0 bridgehead atoms. The molecule has 1 atom stereocenters. The molecule has 4 nitrogen and oxygen atoms in total. The van der Waals surface area contributed by atoms with Crippen molar-refractivity contribution in [1.82, 2.24) is 5.73 Å². The first-order valence-corrected chi connectivity index (χ1v) is 5.34. The van der Waals surface area contributed by atoms with E-state index >= 15 is 0 Å². The van der Waals surface area contributed by atoms with Crippen LogP contribution >= 0.6 is 0 Å². The normalized spacial score (nSPS) is 12.9. The highest BCUT2D eigenvalue weighted by Crippen LogP contribution is 2.20. The van der Waals surface area contributed by atoms with Crippen LogP contribution in [0.5, 0.6) is 0 Å². The summed E-state index contributed by atoms with van der Waals surface area (Å²) in [7, 11) is 0. The number of ether oxygens (including phenoxy) is 1. The van der Waals surface area contributed by atoms with Gasteiger partial charge in [-0.15, -0.1) is 0 Å². The van der Waals surface area contributed by atoms with Gasteiger partial charge in [-0.2, -0.15) is 0 Å². The number of esters is 1. The first kappa shape index (κ1) is 13.2. The predicted molar refractivity (Wildman–Crippen MR) is 63.1 cm³/mol. The molecule has 0 fully saturated rings. The highest BCUT2D eigenvalue weighted by Gasteiger charge is 2.31. The number of nitrogens with one attached hydrogen (secondary N) is 1. The van der Waals surface area contributed by atoms with Crippen LogP contribution in [0.25, 0.3) is 0 Å². The topological polar surface area (TPSA) is 67.2 Å². The van der Waals surface area contributed by atoms with E-state index < -0.39 is 23.4 Å².